The quantitative estimate of drug-likeness (QED) is 0.691. The fourth-order valence-electron chi connectivity index (χ4n) is 3.20. The number of nitrogens with one attached hydrogen (secondary N) is 1. The summed E-state index contributed by atoms with van der Waals surface area (Å²) >= 11 is 1.42. The van der Waals surface area contributed by atoms with Crippen molar-refractivity contribution in [3.8, 4) is 11.5 Å². The maximum absolute atomic E-state index is 12.9. The lowest BCUT2D eigenvalue weighted by Gasteiger charge is -2.22. The summed E-state index contributed by atoms with van der Waals surface area (Å²) in [6.07, 6.45) is 0.748. The predicted molar refractivity (Wildman–Crippen MR) is 115 cm³/mol. The maximum atomic E-state index is 12.9. The Morgan fingerprint density at radius 2 is 2.00 bits per heavy atom. The topological polar surface area (TPSA) is 77.1 Å². The van der Waals surface area contributed by atoms with E-state index in [1.54, 1.807) is 32.2 Å². The molecule has 3 rings (SSSR count). The van der Waals surface area contributed by atoms with E-state index < -0.39 is 5.97 Å². The van der Waals surface area contributed by atoms with E-state index >= 15 is 0 Å². The Morgan fingerprint density at radius 1 is 1.24 bits per heavy atom. The molecule has 0 saturated heterocycles. The molecule has 0 spiro atoms. The number of carbonyl (C=O) groups is 2. The molecule has 1 aliphatic heterocycles. The Balaban J connectivity index is 0.00000300. The number of likely N-dealkylation sites (N-methyl/N-ethyl adjacent to an activating group) is 1. The van der Waals surface area contributed by atoms with Gasteiger partial charge in [0.25, 0.3) is 5.91 Å². The van der Waals surface area contributed by atoms with Gasteiger partial charge in [-0.05, 0) is 38.1 Å². The summed E-state index contributed by atoms with van der Waals surface area (Å²) in [6.45, 7) is 3.65. The van der Waals surface area contributed by atoms with Crippen molar-refractivity contribution in [3.63, 3.8) is 0 Å². The number of nitrogens with zero attached hydrogens (tertiary/aromatic N) is 1. The second-order valence-corrected chi connectivity index (χ2v) is 7.54. The first-order chi connectivity index (χ1) is 13.5. The SMILES string of the molecule is CCOC(=O)c1c(NC(=O)c2ccc(OC)cc2OC)sc2c1CCN(C)C2.Cl. The summed E-state index contributed by atoms with van der Waals surface area (Å²) in [5, 5.41) is 3.41. The van der Waals surface area contributed by atoms with Crippen molar-refractivity contribution in [2.45, 2.75) is 19.9 Å². The number of carbonyl (C=O) groups excluding carboxylic acids is 2. The molecule has 0 radical (unpaired) electrons. The van der Waals surface area contributed by atoms with Gasteiger partial charge in [-0.15, -0.1) is 23.7 Å². The minimum absolute atomic E-state index is 0. The third kappa shape index (κ3) is 4.83. The number of methoxy groups -OCH3 is 2. The number of anilines is 1. The van der Waals surface area contributed by atoms with Gasteiger partial charge in [0.2, 0.25) is 0 Å². The van der Waals surface area contributed by atoms with E-state index in [9.17, 15) is 9.59 Å². The average molecular weight is 441 g/mol. The van der Waals surface area contributed by atoms with E-state index in [1.165, 1.54) is 18.4 Å². The van der Waals surface area contributed by atoms with E-state index in [0.717, 1.165) is 30.0 Å². The molecule has 9 heteroatoms. The molecule has 0 bridgehead atoms. The number of esters is 1. The van der Waals surface area contributed by atoms with Gasteiger partial charge in [-0.1, -0.05) is 0 Å². The molecule has 29 heavy (non-hydrogen) atoms. The molecular weight excluding hydrogens is 416 g/mol. The van der Waals surface area contributed by atoms with Crippen LogP contribution in [0.4, 0.5) is 5.00 Å². The zero-order valence-corrected chi connectivity index (χ0v) is 18.5. The van der Waals surface area contributed by atoms with Crippen LogP contribution >= 0.6 is 23.7 Å². The predicted octanol–water partition coefficient (Wildman–Crippen LogP) is 3.60. The highest BCUT2D eigenvalue weighted by molar-refractivity contribution is 7.17. The molecule has 1 amide bonds. The summed E-state index contributed by atoms with van der Waals surface area (Å²) in [5.41, 5.74) is 1.80. The maximum Gasteiger partial charge on any atom is 0.341 e. The highest BCUT2D eigenvalue weighted by atomic mass is 35.5. The highest BCUT2D eigenvalue weighted by Gasteiger charge is 2.29. The Kier molecular flexibility index (Phi) is 7.89. The zero-order chi connectivity index (χ0) is 20.3. The average Bonchev–Trinajstić information content (AvgIpc) is 3.04. The molecule has 1 aliphatic rings. The number of ether oxygens (including phenoxy) is 3. The number of halogens is 1. The van der Waals surface area contributed by atoms with Crippen LogP contribution in [-0.4, -0.2) is 51.2 Å². The summed E-state index contributed by atoms with van der Waals surface area (Å²) in [7, 11) is 5.08. The van der Waals surface area contributed by atoms with Gasteiger partial charge in [-0.25, -0.2) is 4.79 Å². The van der Waals surface area contributed by atoms with Crippen LogP contribution in [0.2, 0.25) is 0 Å². The fourth-order valence-corrected chi connectivity index (χ4v) is 4.51. The van der Waals surface area contributed by atoms with Crippen LogP contribution in [0.25, 0.3) is 0 Å². The van der Waals surface area contributed by atoms with Crippen LogP contribution in [0, 0.1) is 0 Å². The normalized spacial score (nSPS) is 13.1. The first-order valence-electron chi connectivity index (χ1n) is 9.02. The number of rotatable bonds is 6. The summed E-state index contributed by atoms with van der Waals surface area (Å²) < 4.78 is 15.7. The summed E-state index contributed by atoms with van der Waals surface area (Å²) in [6, 6.07) is 4.98. The fraction of sp³-hybridized carbons (Fsp3) is 0.400. The van der Waals surface area contributed by atoms with Gasteiger partial charge in [0.1, 0.15) is 16.5 Å². The van der Waals surface area contributed by atoms with E-state index in [-0.39, 0.29) is 24.9 Å². The van der Waals surface area contributed by atoms with Gasteiger partial charge in [0.05, 0.1) is 32.0 Å². The van der Waals surface area contributed by atoms with E-state index in [0.29, 0.717) is 27.6 Å². The molecule has 2 aromatic rings. The molecule has 0 fully saturated rings. The van der Waals surface area contributed by atoms with E-state index in [4.69, 9.17) is 14.2 Å². The van der Waals surface area contributed by atoms with E-state index in [1.807, 2.05) is 7.05 Å². The van der Waals surface area contributed by atoms with Crippen LogP contribution < -0.4 is 14.8 Å². The van der Waals surface area contributed by atoms with Crippen LogP contribution in [0.3, 0.4) is 0 Å². The van der Waals surface area contributed by atoms with Gasteiger partial charge >= 0.3 is 5.97 Å². The lowest BCUT2D eigenvalue weighted by molar-refractivity contribution is 0.0526. The highest BCUT2D eigenvalue weighted by Crippen LogP contribution is 2.38. The number of fused-ring (bicyclic) bond motifs is 1. The molecule has 1 aromatic heterocycles. The van der Waals surface area contributed by atoms with Crippen LogP contribution in [-0.2, 0) is 17.7 Å². The van der Waals surface area contributed by atoms with Gasteiger partial charge in [0, 0.05) is 24.0 Å². The molecule has 158 valence electrons. The van der Waals surface area contributed by atoms with Crippen LogP contribution in [0.5, 0.6) is 11.5 Å². The van der Waals surface area contributed by atoms with Crippen molar-refractivity contribution in [3.05, 3.63) is 39.8 Å². The molecule has 0 saturated carbocycles. The number of hydrogen-bond acceptors (Lipinski definition) is 7. The van der Waals surface area contributed by atoms with Crippen molar-refractivity contribution >= 4 is 40.6 Å². The van der Waals surface area contributed by atoms with E-state index in [2.05, 4.69) is 10.2 Å². The van der Waals surface area contributed by atoms with Crippen molar-refractivity contribution < 1.29 is 23.8 Å². The molecular formula is C20H25ClN2O5S. The number of thiophene rings is 1. The van der Waals surface area contributed by atoms with Crippen molar-refractivity contribution in [2.75, 3.05) is 39.7 Å². The molecule has 7 nitrogen and oxygen atoms in total. The van der Waals surface area contributed by atoms with Crippen molar-refractivity contribution in [1.29, 1.82) is 0 Å². The molecule has 0 aliphatic carbocycles. The number of amides is 1. The van der Waals surface area contributed by atoms with Gasteiger partial charge in [-0.2, -0.15) is 0 Å². The largest absolute Gasteiger partial charge is 0.497 e. The molecule has 0 atom stereocenters. The third-order valence-electron chi connectivity index (χ3n) is 4.61. The van der Waals surface area contributed by atoms with Gasteiger partial charge in [0.15, 0.2) is 0 Å². The summed E-state index contributed by atoms with van der Waals surface area (Å²) in [5.74, 6) is 0.240. The molecule has 2 heterocycles. The third-order valence-corrected chi connectivity index (χ3v) is 5.74. The Labute approximate surface area is 180 Å². The standard InChI is InChI=1S/C20H24N2O5S.ClH/c1-5-27-20(24)17-14-8-9-22(2)11-16(14)28-19(17)21-18(23)13-7-6-12(25-3)10-15(13)26-4;/h6-7,10H,5,8-9,11H2,1-4H3,(H,21,23);1H. The van der Waals surface area contributed by atoms with Gasteiger partial charge < -0.3 is 24.4 Å². The lowest BCUT2D eigenvalue weighted by atomic mass is 10.0. The minimum Gasteiger partial charge on any atom is -0.497 e. The smallest absolute Gasteiger partial charge is 0.341 e. The summed E-state index contributed by atoms with van der Waals surface area (Å²) in [4.78, 5) is 28.8. The Morgan fingerprint density at radius 3 is 2.66 bits per heavy atom. The monoisotopic (exact) mass is 440 g/mol. The van der Waals surface area contributed by atoms with Crippen molar-refractivity contribution in [1.82, 2.24) is 4.90 Å². The number of hydrogen-bond donors (Lipinski definition) is 1. The van der Waals surface area contributed by atoms with Crippen LogP contribution in [0.15, 0.2) is 18.2 Å². The van der Waals surface area contributed by atoms with Crippen LogP contribution in [0.1, 0.15) is 38.1 Å². The van der Waals surface area contributed by atoms with Gasteiger partial charge in [-0.3, -0.25) is 4.79 Å². The second-order valence-electron chi connectivity index (χ2n) is 6.44. The molecule has 1 N–H and O–H groups in total. The number of benzene rings is 1. The first kappa shape index (κ1) is 23.0. The molecule has 1 aromatic carbocycles. The Hall–Kier alpha value is -2.29. The minimum atomic E-state index is -0.401. The van der Waals surface area contributed by atoms with Crippen molar-refractivity contribution in [2.24, 2.45) is 0 Å². The Bertz CT molecular complexity index is 899. The lowest BCUT2D eigenvalue weighted by Crippen LogP contribution is -2.26. The second kappa shape index (κ2) is 9.96. The molecule has 0 unspecified atom stereocenters. The zero-order valence-electron chi connectivity index (χ0n) is 16.9. The first-order valence-corrected chi connectivity index (χ1v) is 9.83.